The highest BCUT2D eigenvalue weighted by Crippen LogP contribution is 2.32. The number of nitrogens with zero attached hydrogens (tertiary/aromatic N) is 4. The Morgan fingerprint density at radius 2 is 1.94 bits per heavy atom. The normalized spacial score (nSPS) is 14.6. The molecule has 0 atom stereocenters. The maximum absolute atomic E-state index is 13.4. The predicted molar refractivity (Wildman–Crippen MR) is 147 cm³/mol. The zero-order valence-electron chi connectivity index (χ0n) is 20.1. The molecule has 0 spiro atoms. The van der Waals surface area contributed by atoms with Gasteiger partial charge in [0.1, 0.15) is 11.6 Å². The topological polar surface area (TPSA) is 86.0 Å². The van der Waals surface area contributed by atoms with Crippen molar-refractivity contribution in [3.05, 3.63) is 66.0 Å². The first-order valence-corrected chi connectivity index (χ1v) is 13.3. The van der Waals surface area contributed by atoms with Crippen LogP contribution in [0.1, 0.15) is 32.2 Å². The van der Waals surface area contributed by atoms with E-state index >= 15 is 0 Å². The molecule has 1 aliphatic rings. The standard InChI is InChI=1S/C25H25Br2ClN4O4/c1-25(2,3)24-30-20-5-4-16(26)11-18(20)23(34)32(24)29-13-15-10-17(28)12-19(27)22(15)36-14-21(33)31-6-8-35-9-7-31/h4-5,10-13H,6-9,14H2,1-3H3. The summed E-state index contributed by atoms with van der Waals surface area (Å²) in [6.07, 6.45) is 1.49. The van der Waals surface area contributed by atoms with E-state index in [9.17, 15) is 9.59 Å². The van der Waals surface area contributed by atoms with E-state index in [4.69, 9.17) is 26.1 Å². The summed E-state index contributed by atoms with van der Waals surface area (Å²) in [6, 6.07) is 8.72. The largest absolute Gasteiger partial charge is 0.482 e. The number of halogens is 3. The minimum atomic E-state index is -0.462. The molecule has 0 saturated carbocycles. The number of benzene rings is 2. The lowest BCUT2D eigenvalue weighted by Gasteiger charge is -2.27. The van der Waals surface area contributed by atoms with Crippen LogP contribution in [0.15, 0.2) is 49.2 Å². The molecule has 4 rings (SSSR count). The van der Waals surface area contributed by atoms with Gasteiger partial charge in [-0.3, -0.25) is 9.59 Å². The van der Waals surface area contributed by atoms with E-state index in [-0.39, 0.29) is 18.1 Å². The number of morpholine rings is 1. The van der Waals surface area contributed by atoms with Crippen LogP contribution in [-0.2, 0) is 14.9 Å². The lowest BCUT2D eigenvalue weighted by Crippen LogP contribution is -2.43. The quantitative estimate of drug-likeness (QED) is 0.367. The molecule has 36 heavy (non-hydrogen) atoms. The second-order valence-electron chi connectivity index (χ2n) is 9.30. The van der Waals surface area contributed by atoms with Crippen LogP contribution in [0.3, 0.4) is 0 Å². The second kappa shape index (κ2) is 11.0. The molecule has 0 unspecified atom stereocenters. The lowest BCUT2D eigenvalue weighted by atomic mass is 9.95. The van der Waals surface area contributed by atoms with Gasteiger partial charge in [0.25, 0.3) is 11.5 Å². The van der Waals surface area contributed by atoms with Gasteiger partial charge >= 0.3 is 0 Å². The molecule has 190 valence electrons. The molecule has 2 heterocycles. The van der Waals surface area contributed by atoms with E-state index in [2.05, 4.69) is 37.0 Å². The van der Waals surface area contributed by atoms with Crippen molar-refractivity contribution in [1.29, 1.82) is 0 Å². The number of fused-ring (bicyclic) bond motifs is 1. The molecule has 8 nitrogen and oxygen atoms in total. The molecule has 11 heteroatoms. The number of carbonyl (C=O) groups excluding carboxylic acids is 1. The molecule has 0 bridgehead atoms. The zero-order chi connectivity index (χ0) is 26.0. The second-order valence-corrected chi connectivity index (χ2v) is 11.5. The average molecular weight is 641 g/mol. The highest BCUT2D eigenvalue weighted by Gasteiger charge is 2.23. The molecule has 1 fully saturated rings. The van der Waals surface area contributed by atoms with Crippen LogP contribution in [0, 0.1) is 0 Å². The number of aromatic nitrogens is 2. The van der Waals surface area contributed by atoms with E-state index in [1.54, 1.807) is 29.2 Å². The van der Waals surface area contributed by atoms with Crippen LogP contribution < -0.4 is 10.3 Å². The fourth-order valence-electron chi connectivity index (χ4n) is 3.73. The number of ether oxygens (including phenoxy) is 2. The summed E-state index contributed by atoms with van der Waals surface area (Å²) >= 11 is 13.2. The summed E-state index contributed by atoms with van der Waals surface area (Å²) in [4.78, 5) is 32.5. The summed E-state index contributed by atoms with van der Waals surface area (Å²) < 4.78 is 13.8. The third-order valence-corrected chi connectivity index (χ3v) is 6.83. The Morgan fingerprint density at radius 3 is 2.64 bits per heavy atom. The first kappa shape index (κ1) is 26.8. The Kier molecular flexibility index (Phi) is 8.18. The molecule has 0 aliphatic carbocycles. The minimum Gasteiger partial charge on any atom is -0.482 e. The first-order chi connectivity index (χ1) is 17.0. The molecule has 0 radical (unpaired) electrons. The lowest BCUT2D eigenvalue weighted by molar-refractivity contribution is -0.137. The third kappa shape index (κ3) is 5.99. The predicted octanol–water partition coefficient (Wildman–Crippen LogP) is 4.99. The number of hydrogen-bond acceptors (Lipinski definition) is 6. The van der Waals surface area contributed by atoms with E-state index in [0.717, 1.165) is 4.47 Å². The van der Waals surface area contributed by atoms with Crippen LogP contribution in [0.4, 0.5) is 0 Å². The van der Waals surface area contributed by atoms with Crippen LogP contribution in [0.2, 0.25) is 5.02 Å². The van der Waals surface area contributed by atoms with E-state index in [0.29, 0.717) is 63.8 Å². The fourth-order valence-corrected chi connectivity index (χ4v) is 5.04. The molecule has 1 aromatic heterocycles. The summed E-state index contributed by atoms with van der Waals surface area (Å²) in [6.45, 7) is 7.82. The van der Waals surface area contributed by atoms with E-state index < -0.39 is 5.41 Å². The van der Waals surface area contributed by atoms with Gasteiger partial charge in [0, 0.05) is 33.6 Å². The van der Waals surface area contributed by atoms with Gasteiger partial charge in [-0.2, -0.15) is 9.78 Å². The number of amides is 1. The number of hydrogen-bond donors (Lipinski definition) is 0. The van der Waals surface area contributed by atoms with Crippen LogP contribution in [0.25, 0.3) is 10.9 Å². The molecule has 0 N–H and O–H groups in total. The van der Waals surface area contributed by atoms with Crippen molar-refractivity contribution in [1.82, 2.24) is 14.6 Å². The van der Waals surface area contributed by atoms with Gasteiger partial charge in [-0.1, -0.05) is 48.3 Å². The molecule has 2 aromatic carbocycles. The summed E-state index contributed by atoms with van der Waals surface area (Å²) in [5.41, 5.74) is 0.339. The summed E-state index contributed by atoms with van der Waals surface area (Å²) in [7, 11) is 0. The summed E-state index contributed by atoms with van der Waals surface area (Å²) in [5.74, 6) is 0.759. The average Bonchev–Trinajstić information content (AvgIpc) is 2.82. The smallest absolute Gasteiger partial charge is 0.282 e. The van der Waals surface area contributed by atoms with Gasteiger partial charge in [-0.25, -0.2) is 4.98 Å². The Balaban J connectivity index is 1.72. The molecular formula is C25H25Br2ClN4O4. The molecule has 1 aliphatic heterocycles. The maximum atomic E-state index is 13.4. The van der Waals surface area contributed by atoms with E-state index in [1.807, 2.05) is 26.8 Å². The van der Waals surface area contributed by atoms with Gasteiger partial charge < -0.3 is 14.4 Å². The highest BCUT2D eigenvalue weighted by molar-refractivity contribution is 9.10. The van der Waals surface area contributed by atoms with Gasteiger partial charge in [-0.15, -0.1) is 0 Å². The minimum absolute atomic E-state index is 0.140. The van der Waals surface area contributed by atoms with Crippen molar-refractivity contribution in [2.75, 3.05) is 32.9 Å². The summed E-state index contributed by atoms with van der Waals surface area (Å²) in [5, 5.41) is 5.39. The molecule has 1 saturated heterocycles. The van der Waals surface area contributed by atoms with Gasteiger partial charge in [0.05, 0.1) is 34.8 Å². The van der Waals surface area contributed by atoms with Crippen LogP contribution in [0.5, 0.6) is 5.75 Å². The zero-order valence-corrected chi connectivity index (χ0v) is 24.0. The van der Waals surface area contributed by atoms with Crippen molar-refractivity contribution in [2.45, 2.75) is 26.2 Å². The third-order valence-electron chi connectivity index (χ3n) is 5.53. The highest BCUT2D eigenvalue weighted by atomic mass is 79.9. The Morgan fingerprint density at radius 1 is 1.22 bits per heavy atom. The van der Waals surface area contributed by atoms with Crippen LogP contribution >= 0.6 is 43.5 Å². The Hall–Kier alpha value is -2.27. The number of carbonyl (C=O) groups is 1. The van der Waals surface area contributed by atoms with Crippen LogP contribution in [-0.4, -0.2) is 59.6 Å². The van der Waals surface area contributed by atoms with Gasteiger partial charge in [0.15, 0.2) is 6.61 Å². The van der Waals surface area contributed by atoms with Crippen molar-refractivity contribution >= 4 is 66.5 Å². The van der Waals surface area contributed by atoms with Crippen molar-refractivity contribution in [3.63, 3.8) is 0 Å². The maximum Gasteiger partial charge on any atom is 0.282 e. The molecular weight excluding hydrogens is 616 g/mol. The van der Waals surface area contributed by atoms with Crippen molar-refractivity contribution < 1.29 is 14.3 Å². The van der Waals surface area contributed by atoms with Crippen molar-refractivity contribution in [3.8, 4) is 5.75 Å². The SMILES string of the molecule is CC(C)(C)c1nc2ccc(Br)cc2c(=O)n1N=Cc1cc(Cl)cc(Br)c1OCC(=O)N1CCOCC1. The molecule has 1 amide bonds. The fraction of sp³-hybridized carbons (Fsp3) is 0.360. The van der Waals surface area contributed by atoms with Gasteiger partial charge in [0.2, 0.25) is 0 Å². The van der Waals surface area contributed by atoms with Crippen molar-refractivity contribution in [2.24, 2.45) is 5.10 Å². The van der Waals surface area contributed by atoms with Gasteiger partial charge in [-0.05, 0) is 46.3 Å². The Bertz CT molecular complexity index is 1400. The monoisotopic (exact) mass is 638 g/mol. The first-order valence-electron chi connectivity index (χ1n) is 11.3. The Labute approximate surface area is 230 Å². The van der Waals surface area contributed by atoms with E-state index in [1.165, 1.54) is 10.9 Å². The number of rotatable bonds is 5. The molecule has 3 aromatic rings.